The van der Waals surface area contributed by atoms with Crippen LogP contribution < -0.4 is 0 Å². The highest BCUT2D eigenvalue weighted by atomic mass is 19.1. The van der Waals surface area contributed by atoms with Crippen molar-refractivity contribution in [2.75, 3.05) is 13.1 Å². The maximum atomic E-state index is 12.9. The Balaban J connectivity index is 2.26. The van der Waals surface area contributed by atoms with Gasteiger partial charge in [0.05, 0.1) is 0 Å². The van der Waals surface area contributed by atoms with E-state index in [9.17, 15) is 9.18 Å². The largest absolute Gasteiger partial charge is 0.480 e. The van der Waals surface area contributed by atoms with Crippen LogP contribution in [0.25, 0.3) is 0 Å². The highest BCUT2D eigenvalue weighted by molar-refractivity contribution is 5.79. The highest BCUT2D eigenvalue weighted by Gasteiger charge is 2.54. The zero-order valence-corrected chi connectivity index (χ0v) is 6.79. The van der Waals surface area contributed by atoms with Crippen LogP contribution in [-0.4, -0.2) is 40.8 Å². The summed E-state index contributed by atoms with van der Waals surface area (Å²) in [6, 6.07) is 0. The monoisotopic (exact) mass is 173 g/mol. The van der Waals surface area contributed by atoms with E-state index in [0.29, 0.717) is 13.0 Å². The van der Waals surface area contributed by atoms with Gasteiger partial charge < -0.3 is 5.11 Å². The molecular weight excluding hydrogens is 161 g/mol. The number of halogens is 1. The molecule has 0 aliphatic carbocycles. The lowest BCUT2D eigenvalue weighted by molar-refractivity contribution is -0.148. The predicted molar refractivity (Wildman–Crippen MR) is 40.7 cm³/mol. The minimum absolute atomic E-state index is 0.183. The molecule has 2 heterocycles. The second-order valence-corrected chi connectivity index (χ2v) is 3.69. The number of fused-ring (bicyclic) bond motifs is 1. The highest BCUT2D eigenvalue weighted by Crippen LogP contribution is 2.39. The van der Waals surface area contributed by atoms with Gasteiger partial charge in [-0.25, -0.2) is 4.39 Å². The van der Waals surface area contributed by atoms with E-state index < -0.39 is 17.7 Å². The smallest absolute Gasteiger partial charge is 0.324 e. The molecule has 2 atom stereocenters. The Morgan fingerprint density at radius 3 is 3.00 bits per heavy atom. The number of alkyl halides is 1. The number of nitrogens with zero attached hydrogens (tertiary/aromatic N) is 1. The van der Waals surface area contributed by atoms with E-state index in [1.54, 1.807) is 4.90 Å². The van der Waals surface area contributed by atoms with Gasteiger partial charge in [-0.3, -0.25) is 9.69 Å². The Morgan fingerprint density at radius 1 is 1.67 bits per heavy atom. The predicted octanol–water partition coefficient (Wildman–Crippen LogP) is 0.647. The van der Waals surface area contributed by atoms with Crippen molar-refractivity contribution >= 4 is 5.97 Å². The lowest BCUT2D eigenvalue weighted by atomic mass is 9.94. The number of rotatable bonds is 1. The molecule has 0 spiro atoms. The Labute approximate surface area is 70.2 Å². The van der Waals surface area contributed by atoms with E-state index in [-0.39, 0.29) is 6.42 Å². The fraction of sp³-hybridized carbons (Fsp3) is 0.875. The summed E-state index contributed by atoms with van der Waals surface area (Å²) in [6.45, 7) is 1.05. The lowest BCUT2D eigenvalue weighted by Crippen LogP contribution is -2.45. The third-order valence-electron chi connectivity index (χ3n) is 3.00. The maximum Gasteiger partial charge on any atom is 0.324 e. The third kappa shape index (κ3) is 0.874. The minimum atomic E-state index is -0.943. The van der Waals surface area contributed by atoms with Gasteiger partial charge in [0.25, 0.3) is 0 Å². The maximum absolute atomic E-state index is 12.9. The van der Waals surface area contributed by atoms with Gasteiger partial charge in [0, 0.05) is 13.0 Å². The van der Waals surface area contributed by atoms with Crippen LogP contribution in [0.5, 0.6) is 0 Å². The number of carbonyl (C=O) groups is 1. The van der Waals surface area contributed by atoms with Gasteiger partial charge in [0.1, 0.15) is 11.7 Å². The summed E-state index contributed by atoms with van der Waals surface area (Å²) in [5.74, 6) is -0.847. The van der Waals surface area contributed by atoms with Crippen LogP contribution in [0.15, 0.2) is 0 Å². The Morgan fingerprint density at radius 2 is 2.42 bits per heavy atom. The lowest BCUT2D eigenvalue weighted by Gasteiger charge is -2.25. The molecule has 0 saturated carbocycles. The molecule has 0 aromatic rings. The fourth-order valence-electron chi connectivity index (χ4n) is 2.43. The average molecular weight is 173 g/mol. The number of hydrogen-bond acceptors (Lipinski definition) is 2. The SMILES string of the molecule is O=C(O)[C@]12CCCN1CC(F)C2. The molecule has 0 aromatic heterocycles. The first-order chi connectivity index (χ1) is 5.65. The van der Waals surface area contributed by atoms with E-state index in [1.165, 1.54) is 0 Å². The molecule has 4 heteroatoms. The molecule has 2 rings (SSSR count). The van der Waals surface area contributed by atoms with Gasteiger partial charge in [-0.05, 0) is 19.4 Å². The first-order valence-electron chi connectivity index (χ1n) is 4.28. The number of hydrogen-bond donors (Lipinski definition) is 1. The summed E-state index contributed by atoms with van der Waals surface area (Å²) >= 11 is 0. The standard InChI is InChI=1S/C8H12FNO2/c9-6-4-8(7(11)12)2-1-3-10(8)5-6/h6H,1-5H2,(H,11,12)/t6?,8-/m1/s1. The number of carboxylic acids is 1. The zero-order chi connectivity index (χ0) is 8.77. The van der Waals surface area contributed by atoms with Gasteiger partial charge in [-0.1, -0.05) is 0 Å². The molecule has 2 aliphatic rings. The number of aliphatic carboxylic acids is 1. The second-order valence-electron chi connectivity index (χ2n) is 3.69. The summed E-state index contributed by atoms with van der Waals surface area (Å²) in [6.07, 6.45) is 0.741. The van der Waals surface area contributed by atoms with Crippen molar-refractivity contribution in [1.29, 1.82) is 0 Å². The van der Waals surface area contributed by atoms with Crippen LogP contribution in [0.4, 0.5) is 4.39 Å². The van der Waals surface area contributed by atoms with Crippen molar-refractivity contribution < 1.29 is 14.3 Å². The third-order valence-corrected chi connectivity index (χ3v) is 3.00. The van der Waals surface area contributed by atoms with Gasteiger partial charge in [-0.15, -0.1) is 0 Å². The molecule has 2 aliphatic heterocycles. The van der Waals surface area contributed by atoms with Crippen molar-refractivity contribution in [3.63, 3.8) is 0 Å². The molecule has 0 amide bonds. The molecule has 12 heavy (non-hydrogen) atoms. The van der Waals surface area contributed by atoms with E-state index >= 15 is 0 Å². The van der Waals surface area contributed by atoms with Crippen molar-refractivity contribution in [3.05, 3.63) is 0 Å². The molecule has 2 saturated heterocycles. The molecule has 0 radical (unpaired) electrons. The summed E-state index contributed by atoms with van der Waals surface area (Å²) < 4.78 is 12.9. The van der Waals surface area contributed by atoms with E-state index in [4.69, 9.17) is 5.11 Å². The zero-order valence-electron chi connectivity index (χ0n) is 6.79. The van der Waals surface area contributed by atoms with Crippen LogP contribution in [0.1, 0.15) is 19.3 Å². The molecule has 2 fully saturated rings. The van der Waals surface area contributed by atoms with Gasteiger partial charge in [-0.2, -0.15) is 0 Å². The second kappa shape index (κ2) is 2.42. The van der Waals surface area contributed by atoms with Crippen LogP contribution >= 0.6 is 0 Å². The van der Waals surface area contributed by atoms with Crippen LogP contribution in [-0.2, 0) is 4.79 Å². The normalized spacial score (nSPS) is 41.6. The molecule has 68 valence electrons. The van der Waals surface area contributed by atoms with Crippen LogP contribution in [0.2, 0.25) is 0 Å². The quantitative estimate of drug-likeness (QED) is 0.632. The van der Waals surface area contributed by atoms with Gasteiger partial charge in [0.15, 0.2) is 0 Å². The first kappa shape index (κ1) is 7.98. The minimum Gasteiger partial charge on any atom is -0.480 e. The van der Waals surface area contributed by atoms with Crippen LogP contribution in [0.3, 0.4) is 0 Å². The summed E-state index contributed by atoms with van der Waals surface area (Å²) in [4.78, 5) is 12.7. The van der Waals surface area contributed by atoms with Crippen LogP contribution in [0, 0.1) is 0 Å². The fourth-order valence-corrected chi connectivity index (χ4v) is 2.43. The molecule has 0 aromatic carbocycles. The Hall–Kier alpha value is -0.640. The van der Waals surface area contributed by atoms with Crippen molar-refractivity contribution in [3.8, 4) is 0 Å². The van der Waals surface area contributed by atoms with E-state index in [1.807, 2.05) is 0 Å². The molecule has 3 nitrogen and oxygen atoms in total. The summed E-state index contributed by atoms with van der Waals surface area (Å²) in [5, 5.41) is 8.98. The summed E-state index contributed by atoms with van der Waals surface area (Å²) in [5.41, 5.74) is -0.848. The Bertz CT molecular complexity index is 221. The molecule has 0 bridgehead atoms. The average Bonchev–Trinajstić information content (AvgIpc) is 2.42. The van der Waals surface area contributed by atoms with Crippen molar-refractivity contribution in [2.24, 2.45) is 0 Å². The van der Waals surface area contributed by atoms with Gasteiger partial charge in [0.2, 0.25) is 0 Å². The molecule has 1 unspecified atom stereocenters. The van der Waals surface area contributed by atoms with Gasteiger partial charge >= 0.3 is 5.97 Å². The van der Waals surface area contributed by atoms with Crippen molar-refractivity contribution in [2.45, 2.75) is 31.0 Å². The molecular formula is C8H12FNO2. The first-order valence-corrected chi connectivity index (χ1v) is 4.28. The van der Waals surface area contributed by atoms with E-state index in [0.717, 1.165) is 13.0 Å². The Kier molecular flexibility index (Phi) is 1.61. The topological polar surface area (TPSA) is 40.5 Å². The van der Waals surface area contributed by atoms with E-state index in [2.05, 4.69) is 0 Å². The molecule has 1 N–H and O–H groups in total. The summed E-state index contributed by atoms with van der Waals surface area (Å²) in [7, 11) is 0. The van der Waals surface area contributed by atoms with Crippen molar-refractivity contribution in [1.82, 2.24) is 4.90 Å². The number of carboxylic acid groups (broad SMARTS) is 1.